The van der Waals surface area contributed by atoms with Crippen LogP contribution in [-0.4, -0.2) is 5.78 Å². The first-order chi connectivity index (χ1) is 5.69. The van der Waals surface area contributed by atoms with Crippen LogP contribution in [0.1, 0.15) is 32.6 Å². The predicted molar refractivity (Wildman–Crippen MR) is 46.6 cm³/mol. The molecule has 2 saturated carbocycles. The highest BCUT2D eigenvalue weighted by Gasteiger charge is 2.56. The van der Waals surface area contributed by atoms with E-state index in [2.05, 4.69) is 6.92 Å². The van der Waals surface area contributed by atoms with Gasteiger partial charge >= 0.3 is 0 Å². The minimum Gasteiger partial charge on any atom is -0.295 e. The minimum absolute atomic E-state index is 0.370. The Bertz CT molecular complexity index is 289. The zero-order valence-corrected chi connectivity index (χ0v) is 7.47. The molecule has 0 aromatic rings. The molecule has 0 N–H and O–H groups in total. The van der Waals surface area contributed by atoms with Crippen LogP contribution in [0.3, 0.4) is 0 Å². The van der Waals surface area contributed by atoms with Crippen molar-refractivity contribution < 1.29 is 4.79 Å². The van der Waals surface area contributed by atoms with Crippen LogP contribution in [0.2, 0.25) is 0 Å². The molecule has 3 atom stereocenters. The lowest BCUT2D eigenvalue weighted by Crippen LogP contribution is -2.23. The maximum Gasteiger partial charge on any atom is 0.155 e. The third-order valence-corrected chi connectivity index (χ3v) is 3.97. The van der Waals surface area contributed by atoms with Crippen molar-refractivity contribution in [3.05, 3.63) is 11.6 Å². The molecule has 0 unspecified atom stereocenters. The van der Waals surface area contributed by atoms with Gasteiger partial charge in [-0.1, -0.05) is 12.5 Å². The Hall–Kier alpha value is -0.590. The largest absolute Gasteiger partial charge is 0.295 e. The molecule has 2 fully saturated rings. The predicted octanol–water partition coefficient (Wildman–Crippen LogP) is 2.32. The first-order valence-electron chi connectivity index (χ1n) is 4.94. The lowest BCUT2D eigenvalue weighted by atomic mass is 9.73. The zero-order valence-electron chi connectivity index (χ0n) is 7.47. The third kappa shape index (κ3) is 0.720. The maximum absolute atomic E-state index is 11.2. The van der Waals surface area contributed by atoms with Gasteiger partial charge in [0.1, 0.15) is 0 Å². The monoisotopic (exact) mass is 162 g/mol. The van der Waals surface area contributed by atoms with E-state index in [4.69, 9.17) is 0 Å². The molecule has 64 valence electrons. The topological polar surface area (TPSA) is 17.1 Å². The molecule has 3 rings (SSSR count). The second kappa shape index (κ2) is 1.84. The van der Waals surface area contributed by atoms with E-state index in [0.717, 1.165) is 24.7 Å². The summed E-state index contributed by atoms with van der Waals surface area (Å²) in [7, 11) is 0. The Morgan fingerprint density at radius 1 is 1.58 bits per heavy atom. The highest BCUT2D eigenvalue weighted by molar-refractivity contribution is 5.92. The van der Waals surface area contributed by atoms with Gasteiger partial charge < -0.3 is 0 Å². The van der Waals surface area contributed by atoms with Gasteiger partial charge in [0.05, 0.1) is 0 Å². The van der Waals surface area contributed by atoms with Crippen molar-refractivity contribution in [2.24, 2.45) is 17.3 Å². The summed E-state index contributed by atoms with van der Waals surface area (Å²) >= 11 is 0. The Morgan fingerprint density at radius 3 is 3.25 bits per heavy atom. The number of hydrogen-bond acceptors (Lipinski definition) is 1. The first-order valence-corrected chi connectivity index (χ1v) is 4.94. The number of fused-ring (bicyclic) bond motifs is 3. The van der Waals surface area contributed by atoms with Crippen LogP contribution in [0.15, 0.2) is 11.6 Å². The lowest BCUT2D eigenvalue weighted by Gasteiger charge is -2.31. The third-order valence-electron chi connectivity index (χ3n) is 3.97. The number of carbonyl (C=O) groups is 1. The van der Waals surface area contributed by atoms with Gasteiger partial charge in [0.2, 0.25) is 0 Å². The molecule has 1 nitrogen and oxygen atoms in total. The Morgan fingerprint density at radius 2 is 2.42 bits per heavy atom. The van der Waals surface area contributed by atoms with Gasteiger partial charge in [-0.05, 0) is 42.6 Å². The summed E-state index contributed by atoms with van der Waals surface area (Å²) in [6.45, 7) is 2.34. The molecule has 3 aliphatic carbocycles. The van der Waals surface area contributed by atoms with Gasteiger partial charge in [-0.15, -0.1) is 0 Å². The molecule has 0 bridgehead atoms. The van der Waals surface area contributed by atoms with Gasteiger partial charge in [0, 0.05) is 6.42 Å². The molecule has 0 aromatic carbocycles. The van der Waals surface area contributed by atoms with Crippen molar-refractivity contribution in [2.75, 3.05) is 0 Å². The molecule has 1 heteroatoms. The fourth-order valence-electron chi connectivity index (χ4n) is 3.17. The van der Waals surface area contributed by atoms with E-state index < -0.39 is 0 Å². The van der Waals surface area contributed by atoms with E-state index in [0.29, 0.717) is 11.2 Å². The molecule has 0 amide bonds. The average molecular weight is 162 g/mol. The molecule has 3 aliphatic rings. The fourth-order valence-corrected chi connectivity index (χ4v) is 3.17. The molecule has 0 radical (unpaired) electrons. The number of hydrogen-bond donors (Lipinski definition) is 0. The van der Waals surface area contributed by atoms with Gasteiger partial charge in [-0.3, -0.25) is 4.79 Å². The molecule has 0 saturated heterocycles. The number of rotatable bonds is 0. The normalized spacial score (nSPS) is 49.8. The second-order valence-electron chi connectivity index (χ2n) is 4.93. The second-order valence-corrected chi connectivity index (χ2v) is 4.93. The lowest BCUT2D eigenvalue weighted by molar-refractivity contribution is -0.115. The van der Waals surface area contributed by atoms with Crippen molar-refractivity contribution in [1.29, 1.82) is 0 Å². The Balaban J connectivity index is 2.05. The number of carbonyl (C=O) groups excluding carboxylic acids is 1. The minimum atomic E-state index is 0.370. The van der Waals surface area contributed by atoms with Crippen molar-refractivity contribution in [3.63, 3.8) is 0 Å². The summed E-state index contributed by atoms with van der Waals surface area (Å²) in [5, 5.41) is 0. The first kappa shape index (κ1) is 6.88. The molecule has 0 aromatic heterocycles. The molecule has 0 spiro atoms. The highest BCUT2D eigenvalue weighted by atomic mass is 16.1. The summed E-state index contributed by atoms with van der Waals surface area (Å²) in [5.74, 6) is 2.14. The summed E-state index contributed by atoms with van der Waals surface area (Å²) in [5.41, 5.74) is 1.94. The SMILES string of the molecule is C[C@@]12CCC(=O)C=C1[C@H]1C[C@H]1C2. The van der Waals surface area contributed by atoms with Gasteiger partial charge in [-0.25, -0.2) is 0 Å². The van der Waals surface area contributed by atoms with Crippen molar-refractivity contribution in [3.8, 4) is 0 Å². The van der Waals surface area contributed by atoms with E-state index >= 15 is 0 Å². The van der Waals surface area contributed by atoms with Crippen LogP contribution in [0.25, 0.3) is 0 Å². The Kier molecular flexibility index (Phi) is 1.05. The Labute approximate surface area is 72.8 Å². The molecular formula is C11H14O. The van der Waals surface area contributed by atoms with E-state index in [1.54, 1.807) is 0 Å². The number of allylic oxidation sites excluding steroid dienone is 2. The van der Waals surface area contributed by atoms with Gasteiger partial charge in [-0.2, -0.15) is 0 Å². The smallest absolute Gasteiger partial charge is 0.155 e. The van der Waals surface area contributed by atoms with Crippen molar-refractivity contribution >= 4 is 5.78 Å². The highest BCUT2D eigenvalue weighted by Crippen LogP contribution is 2.65. The summed E-state index contributed by atoms with van der Waals surface area (Å²) in [6, 6.07) is 0. The molecule has 12 heavy (non-hydrogen) atoms. The fraction of sp³-hybridized carbons (Fsp3) is 0.727. The van der Waals surface area contributed by atoms with Crippen LogP contribution in [0.4, 0.5) is 0 Å². The van der Waals surface area contributed by atoms with E-state index in [1.807, 2.05) is 6.08 Å². The zero-order chi connectivity index (χ0) is 8.34. The van der Waals surface area contributed by atoms with Crippen LogP contribution >= 0.6 is 0 Å². The molecule has 0 aliphatic heterocycles. The molecule has 0 heterocycles. The summed E-state index contributed by atoms with van der Waals surface area (Å²) in [6.07, 6.45) is 6.59. The number of ketones is 1. The maximum atomic E-state index is 11.2. The van der Waals surface area contributed by atoms with Gasteiger partial charge in [0.25, 0.3) is 0 Å². The van der Waals surface area contributed by atoms with Crippen molar-refractivity contribution in [1.82, 2.24) is 0 Å². The van der Waals surface area contributed by atoms with Crippen LogP contribution in [0, 0.1) is 17.3 Å². The van der Waals surface area contributed by atoms with Gasteiger partial charge in [0.15, 0.2) is 5.78 Å². The van der Waals surface area contributed by atoms with E-state index in [9.17, 15) is 4.79 Å². The van der Waals surface area contributed by atoms with E-state index in [-0.39, 0.29) is 0 Å². The quantitative estimate of drug-likeness (QED) is 0.534. The summed E-state index contributed by atoms with van der Waals surface area (Å²) in [4.78, 5) is 11.2. The average Bonchev–Trinajstić information content (AvgIpc) is 2.69. The standard InChI is InChI=1S/C11H14O/c1-11-3-2-8(12)5-10(11)9-4-7(9)6-11/h5,7,9H,2-4,6H2,1H3/t7-,9-,11-/m0/s1. The van der Waals surface area contributed by atoms with Crippen LogP contribution in [-0.2, 0) is 4.79 Å². The summed E-state index contributed by atoms with van der Waals surface area (Å²) < 4.78 is 0. The van der Waals surface area contributed by atoms with Crippen molar-refractivity contribution in [2.45, 2.75) is 32.6 Å². The van der Waals surface area contributed by atoms with E-state index in [1.165, 1.54) is 18.4 Å². The molecular weight excluding hydrogens is 148 g/mol. The van der Waals surface area contributed by atoms with Crippen LogP contribution in [0.5, 0.6) is 0 Å². The van der Waals surface area contributed by atoms with Crippen LogP contribution < -0.4 is 0 Å².